The first-order valence-electron chi connectivity index (χ1n) is 8.37. The molecule has 0 aliphatic rings. The van der Waals surface area contributed by atoms with Crippen molar-refractivity contribution in [2.45, 2.75) is 26.3 Å². The predicted octanol–water partition coefficient (Wildman–Crippen LogP) is 4.13. The molecule has 0 heterocycles. The van der Waals surface area contributed by atoms with E-state index >= 15 is 0 Å². The van der Waals surface area contributed by atoms with Crippen molar-refractivity contribution in [3.05, 3.63) is 65.2 Å². The number of aryl methyl sites for hydroxylation is 1. The summed E-state index contributed by atoms with van der Waals surface area (Å²) < 4.78 is 0. The Balaban J connectivity index is 2.02. The molecule has 2 rings (SSSR count). The van der Waals surface area contributed by atoms with Crippen LogP contribution in [0.15, 0.2) is 48.5 Å². The molecular formula is C20H25N3OS. The third-order valence-corrected chi connectivity index (χ3v) is 4.29. The number of anilines is 1. The summed E-state index contributed by atoms with van der Waals surface area (Å²) in [4.78, 5) is 13.5. The molecule has 1 unspecified atom stereocenters. The van der Waals surface area contributed by atoms with Crippen LogP contribution in [0, 0.1) is 6.92 Å². The molecule has 0 aromatic heterocycles. The maximum atomic E-state index is 11.9. The van der Waals surface area contributed by atoms with E-state index < -0.39 is 0 Å². The van der Waals surface area contributed by atoms with Crippen LogP contribution in [0.2, 0.25) is 0 Å². The molecule has 0 radical (unpaired) electrons. The van der Waals surface area contributed by atoms with Crippen LogP contribution in [0.1, 0.15) is 40.9 Å². The minimum Gasteiger partial charge on any atom is -0.356 e. The number of thiocarbonyl (C=S) groups is 1. The molecule has 0 saturated carbocycles. The summed E-state index contributed by atoms with van der Waals surface area (Å²) in [7, 11) is 3.48. The smallest absolute Gasteiger partial charge is 0.253 e. The van der Waals surface area contributed by atoms with Crippen LogP contribution < -0.4 is 10.6 Å². The van der Waals surface area contributed by atoms with Crippen molar-refractivity contribution in [1.29, 1.82) is 0 Å². The van der Waals surface area contributed by atoms with Crippen LogP contribution in [0.25, 0.3) is 0 Å². The molecule has 1 amide bonds. The van der Waals surface area contributed by atoms with Gasteiger partial charge in [-0.05, 0) is 61.0 Å². The largest absolute Gasteiger partial charge is 0.356 e. The van der Waals surface area contributed by atoms with Gasteiger partial charge in [-0.15, -0.1) is 0 Å². The first-order valence-corrected chi connectivity index (χ1v) is 8.78. The van der Waals surface area contributed by atoms with Gasteiger partial charge >= 0.3 is 0 Å². The quantitative estimate of drug-likeness (QED) is 0.792. The van der Waals surface area contributed by atoms with Gasteiger partial charge in [0.05, 0.1) is 6.04 Å². The highest BCUT2D eigenvalue weighted by Crippen LogP contribution is 2.20. The van der Waals surface area contributed by atoms with Gasteiger partial charge in [-0.2, -0.15) is 0 Å². The maximum absolute atomic E-state index is 11.9. The van der Waals surface area contributed by atoms with Gasteiger partial charge in [0.2, 0.25) is 0 Å². The Morgan fingerprint density at radius 2 is 1.76 bits per heavy atom. The molecule has 4 nitrogen and oxygen atoms in total. The monoisotopic (exact) mass is 355 g/mol. The normalized spacial score (nSPS) is 11.5. The molecule has 1 atom stereocenters. The Bertz CT molecular complexity index is 741. The molecule has 25 heavy (non-hydrogen) atoms. The van der Waals surface area contributed by atoms with Crippen molar-refractivity contribution in [2.75, 3.05) is 19.4 Å². The van der Waals surface area contributed by atoms with Crippen molar-refractivity contribution in [2.24, 2.45) is 0 Å². The van der Waals surface area contributed by atoms with Gasteiger partial charge in [0, 0.05) is 25.3 Å². The second-order valence-corrected chi connectivity index (χ2v) is 6.60. The van der Waals surface area contributed by atoms with E-state index in [-0.39, 0.29) is 11.9 Å². The summed E-state index contributed by atoms with van der Waals surface area (Å²) >= 11 is 5.45. The minimum atomic E-state index is -0.0159. The first-order chi connectivity index (χ1) is 11.9. The highest BCUT2D eigenvalue weighted by molar-refractivity contribution is 7.80. The number of carbonyl (C=O) groups excluding carboxylic acids is 1. The lowest BCUT2D eigenvalue weighted by atomic mass is 10.00. The van der Waals surface area contributed by atoms with Gasteiger partial charge in [-0.25, -0.2) is 0 Å². The molecule has 132 valence electrons. The molecule has 0 spiro atoms. The Morgan fingerprint density at radius 3 is 2.32 bits per heavy atom. The summed E-state index contributed by atoms with van der Waals surface area (Å²) in [6, 6.07) is 15.8. The maximum Gasteiger partial charge on any atom is 0.253 e. The van der Waals surface area contributed by atoms with Crippen LogP contribution in [0.4, 0.5) is 5.69 Å². The second kappa shape index (κ2) is 8.62. The standard InChI is InChI=1S/C20H25N3OS/c1-5-18(17-9-7-6-8-14(17)2)22-20(25)21-16-12-10-15(11-13-16)19(24)23(3)4/h6-13,18H,5H2,1-4H3,(H2,21,22,25). The lowest BCUT2D eigenvalue weighted by molar-refractivity contribution is 0.0827. The predicted molar refractivity (Wildman–Crippen MR) is 108 cm³/mol. The van der Waals surface area contributed by atoms with E-state index in [0.29, 0.717) is 10.7 Å². The fourth-order valence-corrected chi connectivity index (χ4v) is 2.92. The number of hydrogen-bond donors (Lipinski definition) is 2. The molecule has 2 aromatic rings. The van der Waals surface area contributed by atoms with E-state index in [1.807, 2.05) is 24.3 Å². The van der Waals surface area contributed by atoms with E-state index in [9.17, 15) is 4.79 Å². The third-order valence-electron chi connectivity index (χ3n) is 4.07. The van der Waals surface area contributed by atoms with E-state index in [2.05, 4.69) is 36.6 Å². The molecule has 0 aliphatic carbocycles. The lowest BCUT2D eigenvalue weighted by Gasteiger charge is -2.21. The zero-order chi connectivity index (χ0) is 18.4. The van der Waals surface area contributed by atoms with Crippen molar-refractivity contribution < 1.29 is 4.79 Å². The van der Waals surface area contributed by atoms with Crippen LogP contribution in [0.3, 0.4) is 0 Å². The summed E-state index contributed by atoms with van der Waals surface area (Å²) in [6.07, 6.45) is 0.933. The highest BCUT2D eigenvalue weighted by Gasteiger charge is 2.13. The summed E-state index contributed by atoms with van der Waals surface area (Å²) in [5.74, 6) is -0.0159. The van der Waals surface area contributed by atoms with E-state index in [0.717, 1.165) is 12.1 Å². The van der Waals surface area contributed by atoms with Crippen molar-refractivity contribution >= 4 is 28.9 Å². The van der Waals surface area contributed by atoms with Gasteiger partial charge in [-0.3, -0.25) is 4.79 Å². The number of amides is 1. The van der Waals surface area contributed by atoms with E-state index in [4.69, 9.17) is 12.2 Å². The minimum absolute atomic E-state index is 0.0159. The molecule has 0 fully saturated rings. The van der Waals surface area contributed by atoms with Crippen LogP contribution in [0.5, 0.6) is 0 Å². The zero-order valence-electron chi connectivity index (χ0n) is 15.2. The molecule has 2 N–H and O–H groups in total. The van der Waals surface area contributed by atoms with Gasteiger partial charge in [0.1, 0.15) is 0 Å². The fourth-order valence-electron chi connectivity index (χ4n) is 2.66. The van der Waals surface area contributed by atoms with Crippen LogP contribution >= 0.6 is 12.2 Å². The fraction of sp³-hybridized carbons (Fsp3) is 0.300. The van der Waals surface area contributed by atoms with Crippen molar-refractivity contribution in [3.8, 4) is 0 Å². The van der Waals surface area contributed by atoms with Gasteiger partial charge in [-0.1, -0.05) is 31.2 Å². The number of carbonyl (C=O) groups is 1. The Kier molecular flexibility index (Phi) is 6.53. The number of benzene rings is 2. The number of hydrogen-bond acceptors (Lipinski definition) is 2. The Labute approximate surface area is 155 Å². The molecule has 0 saturated heterocycles. The summed E-state index contributed by atoms with van der Waals surface area (Å²) in [6.45, 7) is 4.24. The highest BCUT2D eigenvalue weighted by atomic mass is 32.1. The van der Waals surface area contributed by atoms with Crippen LogP contribution in [-0.4, -0.2) is 30.0 Å². The van der Waals surface area contributed by atoms with Gasteiger partial charge < -0.3 is 15.5 Å². The average molecular weight is 356 g/mol. The number of nitrogens with zero attached hydrogens (tertiary/aromatic N) is 1. The first kappa shape index (κ1) is 18.9. The van der Waals surface area contributed by atoms with E-state index in [1.165, 1.54) is 11.1 Å². The van der Waals surface area contributed by atoms with Gasteiger partial charge in [0.25, 0.3) is 5.91 Å². The van der Waals surface area contributed by atoms with Crippen LogP contribution in [-0.2, 0) is 0 Å². The Hall–Kier alpha value is -2.40. The summed E-state index contributed by atoms with van der Waals surface area (Å²) in [5.41, 5.74) is 4.01. The van der Waals surface area contributed by atoms with E-state index in [1.54, 1.807) is 31.1 Å². The topological polar surface area (TPSA) is 44.4 Å². The number of rotatable bonds is 5. The number of nitrogens with one attached hydrogen (secondary N) is 2. The average Bonchev–Trinajstić information content (AvgIpc) is 2.60. The zero-order valence-corrected chi connectivity index (χ0v) is 16.0. The molecule has 5 heteroatoms. The van der Waals surface area contributed by atoms with Gasteiger partial charge in [0.15, 0.2) is 5.11 Å². The summed E-state index contributed by atoms with van der Waals surface area (Å²) in [5, 5.41) is 7.13. The molecule has 0 bridgehead atoms. The molecule has 2 aromatic carbocycles. The lowest BCUT2D eigenvalue weighted by Crippen LogP contribution is -2.32. The molecular weight excluding hydrogens is 330 g/mol. The Morgan fingerprint density at radius 1 is 1.12 bits per heavy atom. The third kappa shape index (κ3) is 5.03. The van der Waals surface area contributed by atoms with Crippen molar-refractivity contribution in [3.63, 3.8) is 0 Å². The second-order valence-electron chi connectivity index (χ2n) is 6.19. The SMILES string of the molecule is CCC(NC(=S)Nc1ccc(C(=O)N(C)C)cc1)c1ccccc1C. The molecule has 0 aliphatic heterocycles. The van der Waals surface area contributed by atoms with Crippen molar-refractivity contribution in [1.82, 2.24) is 10.2 Å².